The van der Waals surface area contributed by atoms with Crippen molar-refractivity contribution in [1.29, 1.82) is 0 Å². The smallest absolute Gasteiger partial charge is 0.257 e. The Kier molecular flexibility index (Phi) is 4.79. The Morgan fingerprint density at radius 1 is 1.15 bits per heavy atom. The van der Waals surface area contributed by atoms with E-state index in [4.69, 9.17) is 9.47 Å². The maximum Gasteiger partial charge on any atom is 0.257 e. The fourth-order valence-electron chi connectivity index (χ4n) is 2.86. The van der Waals surface area contributed by atoms with Crippen molar-refractivity contribution >= 4 is 22.5 Å². The van der Waals surface area contributed by atoms with Gasteiger partial charge in [-0.15, -0.1) is 0 Å². The molecule has 0 aliphatic carbocycles. The van der Waals surface area contributed by atoms with Crippen LogP contribution in [-0.2, 0) is 27.8 Å². The molecule has 0 radical (unpaired) electrons. The molecule has 26 heavy (non-hydrogen) atoms. The Labute approximate surface area is 155 Å². The number of benzene rings is 1. The van der Waals surface area contributed by atoms with Crippen LogP contribution in [0.5, 0.6) is 11.5 Å². The summed E-state index contributed by atoms with van der Waals surface area (Å²) in [6.07, 6.45) is 0. The van der Waals surface area contributed by atoms with Crippen molar-refractivity contribution in [2.75, 3.05) is 19.5 Å². The molecule has 1 aliphatic rings. The number of aromatic nitrogens is 2. The molecule has 2 heterocycles. The van der Waals surface area contributed by atoms with E-state index in [0.717, 1.165) is 11.3 Å². The van der Waals surface area contributed by atoms with Gasteiger partial charge in [0.1, 0.15) is 17.3 Å². The SMILES string of the molecule is COc1cc(OC)cc(C(=O)Nc2c3c(nn2C(C)(C)C)C[S@@](=O)C3)c1. The van der Waals surface area contributed by atoms with Gasteiger partial charge >= 0.3 is 0 Å². The van der Waals surface area contributed by atoms with Crippen LogP contribution in [-0.4, -0.2) is 34.1 Å². The molecular formula is C18H23N3O4S. The minimum absolute atomic E-state index is 0.298. The Hall–Kier alpha value is -2.35. The van der Waals surface area contributed by atoms with Crippen molar-refractivity contribution < 1.29 is 18.5 Å². The molecule has 3 rings (SSSR count). The van der Waals surface area contributed by atoms with E-state index in [2.05, 4.69) is 10.4 Å². The molecule has 0 spiro atoms. The van der Waals surface area contributed by atoms with E-state index < -0.39 is 10.8 Å². The lowest BCUT2D eigenvalue weighted by Crippen LogP contribution is -2.27. The first-order valence-corrected chi connectivity index (χ1v) is 9.72. The molecule has 140 valence electrons. The molecule has 1 aliphatic heterocycles. The van der Waals surface area contributed by atoms with E-state index >= 15 is 0 Å². The van der Waals surface area contributed by atoms with Crippen LogP contribution >= 0.6 is 0 Å². The molecule has 8 heteroatoms. The monoisotopic (exact) mass is 377 g/mol. The second-order valence-electron chi connectivity index (χ2n) is 7.14. The first-order chi connectivity index (χ1) is 12.2. The summed E-state index contributed by atoms with van der Waals surface area (Å²) in [6, 6.07) is 5.00. The fourth-order valence-corrected chi connectivity index (χ4v) is 4.12. The summed E-state index contributed by atoms with van der Waals surface area (Å²) >= 11 is 0. The number of carbonyl (C=O) groups excluding carboxylic acids is 1. The third kappa shape index (κ3) is 3.46. The maximum absolute atomic E-state index is 12.9. The first-order valence-electron chi connectivity index (χ1n) is 8.23. The second kappa shape index (κ2) is 6.75. The molecule has 0 fully saturated rings. The predicted octanol–water partition coefficient (Wildman–Crippen LogP) is 2.67. The number of fused-ring (bicyclic) bond motifs is 1. The summed E-state index contributed by atoms with van der Waals surface area (Å²) in [5.41, 5.74) is 1.73. The molecule has 1 aromatic carbocycles. The van der Waals surface area contributed by atoms with Crippen molar-refractivity contribution in [3.63, 3.8) is 0 Å². The summed E-state index contributed by atoms with van der Waals surface area (Å²) < 4.78 is 24.2. The zero-order chi connectivity index (χ0) is 19.1. The number of ether oxygens (including phenoxy) is 2. The van der Waals surface area contributed by atoms with Crippen LogP contribution < -0.4 is 14.8 Å². The van der Waals surface area contributed by atoms with Crippen molar-refractivity contribution in [1.82, 2.24) is 9.78 Å². The molecule has 1 aromatic heterocycles. The summed E-state index contributed by atoms with van der Waals surface area (Å²) in [4.78, 5) is 12.9. The van der Waals surface area contributed by atoms with Crippen LogP contribution in [0.1, 0.15) is 42.4 Å². The Morgan fingerprint density at radius 3 is 2.31 bits per heavy atom. The zero-order valence-electron chi connectivity index (χ0n) is 15.6. The van der Waals surface area contributed by atoms with Crippen molar-refractivity contribution in [2.45, 2.75) is 37.8 Å². The summed E-state index contributed by atoms with van der Waals surface area (Å²) in [5.74, 6) is 2.20. The molecule has 1 atom stereocenters. The third-order valence-corrected chi connectivity index (χ3v) is 5.36. The average Bonchev–Trinajstić information content (AvgIpc) is 3.11. The van der Waals surface area contributed by atoms with Crippen LogP contribution in [0, 0.1) is 0 Å². The van der Waals surface area contributed by atoms with Crippen LogP contribution in [0.2, 0.25) is 0 Å². The van der Waals surface area contributed by atoms with Gasteiger partial charge in [-0.05, 0) is 32.9 Å². The first kappa shape index (κ1) is 18.4. The minimum atomic E-state index is -0.970. The second-order valence-corrected chi connectivity index (χ2v) is 8.60. The molecule has 0 saturated heterocycles. The largest absolute Gasteiger partial charge is 0.497 e. The third-order valence-electron chi connectivity index (χ3n) is 4.15. The number of nitrogens with zero attached hydrogens (tertiary/aromatic N) is 2. The van der Waals surface area contributed by atoms with E-state index in [0.29, 0.717) is 34.4 Å². The molecule has 1 N–H and O–H groups in total. The number of methoxy groups -OCH3 is 2. The highest BCUT2D eigenvalue weighted by Gasteiger charge is 2.31. The van der Waals surface area contributed by atoms with E-state index in [1.54, 1.807) is 22.9 Å². The minimum Gasteiger partial charge on any atom is -0.497 e. The van der Waals surface area contributed by atoms with Gasteiger partial charge in [0.05, 0.1) is 37.0 Å². The van der Waals surface area contributed by atoms with Gasteiger partial charge in [-0.1, -0.05) is 0 Å². The Morgan fingerprint density at radius 2 is 1.77 bits per heavy atom. The molecule has 1 amide bonds. The van der Waals surface area contributed by atoms with Crippen molar-refractivity contribution in [3.05, 3.63) is 35.0 Å². The molecule has 0 saturated carbocycles. The van der Waals surface area contributed by atoms with E-state index in [-0.39, 0.29) is 11.4 Å². The van der Waals surface area contributed by atoms with Gasteiger partial charge in [-0.3, -0.25) is 9.00 Å². The summed E-state index contributed by atoms with van der Waals surface area (Å²) in [5, 5.41) is 7.54. The lowest BCUT2D eigenvalue weighted by atomic mass is 10.1. The Bertz CT molecular complexity index is 861. The van der Waals surface area contributed by atoms with E-state index in [1.165, 1.54) is 14.2 Å². The quantitative estimate of drug-likeness (QED) is 0.886. The van der Waals surface area contributed by atoms with Gasteiger partial charge in [0.15, 0.2) is 0 Å². The van der Waals surface area contributed by atoms with Crippen LogP contribution in [0.4, 0.5) is 5.82 Å². The average molecular weight is 377 g/mol. The van der Waals surface area contributed by atoms with Crippen molar-refractivity contribution in [3.8, 4) is 11.5 Å². The highest BCUT2D eigenvalue weighted by Crippen LogP contribution is 2.33. The molecule has 2 aromatic rings. The molecule has 7 nitrogen and oxygen atoms in total. The maximum atomic E-state index is 12.9. The van der Waals surface area contributed by atoms with E-state index in [9.17, 15) is 9.00 Å². The number of hydrogen-bond donors (Lipinski definition) is 1. The zero-order valence-corrected chi connectivity index (χ0v) is 16.4. The lowest BCUT2D eigenvalue weighted by molar-refractivity contribution is 0.102. The normalized spacial score (nSPS) is 16.3. The van der Waals surface area contributed by atoms with Crippen LogP contribution in [0.3, 0.4) is 0 Å². The fraction of sp³-hybridized carbons (Fsp3) is 0.444. The van der Waals surface area contributed by atoms with Crippen molar-refractivity contribution in [2.24, 2.45) is 0 Å². The topological polar surface area (TPSA) is 82.4 Å². The number of carbonyl (C=O) groups is 1. The van der Waals surface area contributed by atoms with Gasteiger partial charge in [0.2, 0.25) is 0 Å². The van der Waals surface area contributed by atoms with Gasteiger partial charge in [0, 0.05) is 28.0 Å². The van der Waals surface area contributed by atoms with Crippen LogP contribution in [0.25, 0.3) is 0 Å². The number of hydrogen-bond acceptors (Lipinski definition) is 5. The van der Waals surface area contributed by atoms with Crippen LogP contribution in [0.15, 0.2) is 18.2 Å². The van der Waals surface area contributed by atoms with Gasteiger partial charge in [-0.25, -0.2) is 4.68 Å². The van der Waals surface area contributed by atoms with Gasteiger partial charge in [0.25, 0.3) is 5.91 Å². The number of amides is 1. The standard InChI is InChI=1S/C18H23N3O4S/c1-18(2,3)21-16(14-9-26(23)10-15(14)20-21)19-17(22)11-6-12(24-4)8-13(7-11)25-5/h6-8H,9-10H2,1-5H3,(H,19,22)/t26-/m0/s1. The van der Waals surface area contributed by atoms with E-state index in [1.807, 2.05) is 20.8 Å². The highest BCUT2D eigenvalue weighted by atomic mass is 32.2. The lowest BCUT2D eigenvalue weighted by Gasteiger charge is -2.23. The number of anilines is 1. The predicted molar refractivity (Wildman–Crippen MR) is 100 cm³/mol. The number of rotatable bonds is 4. The molecule has 0 unspecified atom stereocenters. The van der Waals surface area contributed by atoms with Gasteiger partial charge in [-0.2, -0.15) is 5.10 Å². The Balaban J connectivity index is 1.99. The summed E-state index contributed by atoms with van der Waals surface area (Å²) in [6.45, 7) is 6.03. The molecule has 0 bridgehead atoms. The highest BCUT2D eigenvalue weighted by molar-refractivity contribution is 7.83. The van der Waals surface area contributed by atoms with Gasteiger partial charge < -0.3 is 14.8 Å². The summed E-state index contributed by atoms with van der Waals surface area (Å²) in [7, 11) is 2.10. The number of nitrogens with one attached hydrogen (secondary N) is 1. The molecular weight excluding hydrogens is 354 g/mol.